The molecule has 0 fully saturated rings. The predicted octanol–water partition coefficient (Wildman–Crippen LogP) is 8.83. The Labute approximate surface area is 213 Å². The van der Waals surface area contributed by atoms with Gasteiger partial charge in [-0.15, -0.1) is 0 Å². The summed E-state index contributed by atoms with van der Waals surface area (Å²) in [5, 5.41) is 20.6. The molecule has 202 valence electrons. The van der Waals surface area contributed by atoms with Gasteiger partial charge in [0.05, 0.1) is 13.2 Å². The van der Waals surface area contributed by atoms with E-state index in [9.17, 15) is 15.0 Å². The number of carboxylic acid groups (broad SMARTS) is 1. The Morgan fingerprint density at radius 3 is 1.54 bits per heavy atom. The molecule has 35 heavy (non-hydrogen) atoms. The lowest BCUT2D eigenvalue weighted by molar-refractivity contribution is 0.139. The van der Waals surface area contributed by atoms with Crippen LogP contribution in [-0.4, -0.2) is 29.6 Å². The average Bonchev–Trinajstić information content (AvgIpc) is 2.84. The number of hydrogen-bond donors (Lipinski definition) is 2. The molecule has 2 N–H and O–H groups in total. The average molecular weight is 495 g/mol. The number of phenols is 1. The summed E-state index contributed by atoms with van der Waals surface area (Å²) in [5.74, 6) is 0.546. The van der Waals surface area contributed by atoms with Gasteiger partial charge in [0.1, 0.15) is 0 Å². The fourth-order valence-electron chi connectivity index (χ4n) is 4.23. The smallest absolute Gasteiger partial charge is 0.504 e. The van der Waals surface area contributed by atoms with Gasteiger partial charge in [-0.3, -0.25) is 0 Å². The van der Waals surface area contributed by atoms with Crippen molar-refractivity contribution in [1.82, 2.24) is 0 Å². The lowest BCUT2D eigenvalue weighted by atomic mass is 9.94. The summed E-state index contributed by atoms with van der Waals surface area (Å²) in [6.07, 6.45) is 14.7. The minimum Gasteiger partial charge on any atom is -0.504 e. The molecule has 0 atom stereocenters. The van der Waals surface area contributed by atoms with E-state index in [1.807, 2.05) is 0 Å². The molecule has 0 bridgehead atoms. The second kappa shape index (κ2) is 19.1. The number of benzene rings is 1. The fourth-order valence-corrected chi connectivity index (χ4v) is 4.23. The Morgan fingerprint density at radius 2 is 1.06 bits per heavy atom. The molecule has 0 amide bonds. The standard InChI is InChI=1S/C29H50O6/c1-5-9-13-15-17-21-33-26-24(20-12-8-4)23(19-11-7-3)25(30)27(35-29(31)32)28(26)34-22-18-16-14-10-6-2/h30H,5-22H2,1-4H3,(H,31,32). The molecule has 6 nitrogen and oxygen atoms in total. The lowest BCUT2D eigenvalue weighted by Gasteiger charge is -2.23. The van der Waals surface area contributed by atoms with Crippen LogP contribution in [-0.2, 0) is 12.8 Å². The van der Waals surface area contributed by atoms with E-state index < -0.39 is 6.16 Å². The van der Waals surface area contributed by atoms with Crippen LogP contribution < -0.4 is 14.2 Å². The van der Waals surface area contributed by atoms with Gasteiger partial charge in [0.25, 0.3) is 0 Å². The van der Waals surface area contributed by atoms with Crippen molar-refractivity contribution in [2.75, 3.05) is 13.2 Å². The van der Waals surface area contributed by atoms with Crippen LogP contribution in [0, 0.1) is 0 Å². The Hall–Kier alpha value is -2.11. The SMILES string of the molecule is CCCCCCCOc1c(CCCC)c(CCCC)c(O)c(OC(=O)O)c1OCCCCCCC. The minimum atomic E-state index is -1.47. The van der Waals surface area contributed by atoms with Gasteiger partial charge in [0, 0.05) is 11.1 Å². The Balaban J connectivity index is 3.36. The van der Waals surface area contributed by atoms with Crippen molar-refractivity contribution in [2.45, 2.75) is 130 Å². The summed E-state index contributed by atoms with van der Waals surface area (Å²) in [6.45, 7) is 9.56. The van der Waals surface area contributed by atoms with Crippen molar-refractivity contribution in [3.05, 3.63) is 11.1 Å². The van der Waals surface area contributed by atoms with Gasteiger partial charge in [-0.1, -0.05) is 91.9 Å². The van der Waals surface area contributed by atoms with E-state index >= 15 is 0 Å². The Morgan fingerprint density at radius 1 is 0.600 bits per heavy atom. The Bertz CT molecular complexity index is 716. The molecule has 0 saturated heterocycles. The van der Waals surface area contributed by atoms with Crippen molar-refractivity contribution < 1.29 is 29.2 Å². The topological polar surface area (TPSA) is 85.2 Å². The molecule has 6 heteroatoms. The molecular weight excluding hydrogens is 444 g/mol. The zero-order valence-corrected chi connectivity index (χ0v) is 22.8. The monoisotopic (exact) mass is 494 g/mol. The molecule has 1 aromatic rings. The highest BCUT2D eigenvalue weighted by Gasteiger charge is 2.28. The number of phenolic OH excluding ortho intramolecular Hbond substituents is 1. The number of ether oxygens (including phenoxy) is 3. The maximum absolute atomic E-state index is 11.5. The summed E-state index contributed by atoms with van der Waals surface area (Å²) in [4.78, 5) is 11.5. The summed E-state index contributed by atoms with van der Waals surface area (Å²) in [5.41, 5.74) is 1.66. The van der Waals surface area contributed by atoms with E-state index in [1.54, 1.807) is 0 Å². The first kappa shape index (κ1) is 30.9. The summed E-state index contributed by atoms with van der Waals surface area (Å²) >= 11 is 0. The van der Waals surface area contributed by atoms with Crippen LogP contribution in [0.15, 0.2) is 0 Å². The molecule has 0 heterocycles. The molecule has 0 aliphatic heterocycles. The first-order valence-corrected chi connectivity index (χ1v) is 14.1. The lowest BCUT2D eigenvalue weighted by Crippen LogP contribution is -2.12. The second-order valence-corrected chi connectivity index (χ2v) is 9.39. The van der Waals surface area contributed by atoms with Gasteiger partial charge in [-0.25, -0.2) is 4.79 Å². The third-order valence-electron chi connectivity index (χ3n) is 6.29. The van der Waals surface area contributed by atoms with Crippen molar-refractivity contribution >= 4 is 6.16 Å². The molecule has 0 saturated carbocycles. The van der Waals surface area contributed by atoms with Gasteiger partial charge in [0.2, 0.25) is 11.5 Å². The van der Waals surface area contributed by atoms with Crippen LogP contribution in [0.2, 0.25) is 0 Å². The van der Waals surface area contributed by atoms with Gasteiger partial charge in [0.15, 0.2) is 11.5 Å². The first-order chi connectivity index (χ1) is 17.0. The van der Waals surface area contributed by atoms with E-state index in [1.165, 1.54) is 32.1 Å². The Kier molecular flexibility index (Phi) is 16.9. The molecule has 0 aliphatic rings. The van der Waals surface area contributed by atoms with E-state index in [-0.39, 0.29) is 17.2 Å². The number of carbonyl (C=O) groups is 1. The van der Waals surface area contributed by atoms with Crippen molar-refractivity contribution in [3.8, 4) is 23.0 Å². The molecule has 1 aromatic carbocycles. The normalized spacial score (nSPS) is 11.0. The van der Waals surface area contributed by atoms with E-state index in [2.05, 4.69) is 27.7 Å². The maximum atomic E-state index is 11.5. The van der Waals surface area contributed by atoms with E-state index in [4.69, 9.17) is 14.2 Å². The molecule has 0 aromatic heterocycles. The van der Waals surface area contributed by atoms with Crippen LogP contribution in [0.5, 0.6) is 23.0 Å². The third kappa shape index (κ3) is 11.4. The molecule has 0 radical (unpaired) electrons. The first-order valence-electron chi connectivity index (χ1n) is 14.1. The summed E-state index contributed by atoms with van der Waals surface area (Å²) in [7, 11) is 0. The van der Waals surface area contributed by atoms with Gasteiger partial charge < -0.3 is 24.4 Å². The molecule has 0 unspecified atom stereocenters. The number of unbranched alkanes of at least 4 members (excludes halogenated alkanes) is 10. The number of hydrogen-bond acceptors (Lipinski definition) is 5. The van der Waals surface area contributed by atoms with Crippen LogP contribution in [0.4, 0.5) is 4.79 Å². The van der Waals surface area contributed by atoms with Gasteiger partial charge in [-0.05, 0) is 38.5 Å². The minimum absolute atomic E-state index is 0.122. The highest BCUT2D eigenvalue weighted by molar-refractivity contribution is 5.72. The van der Waals surface area contributed by atoms with Gasteiger partial charge in [-0.2, -0.15) is 0 Å². The maximum Gasteiger partial charge on any atom is 0.511 e. The predicted molar refractivity (Wildman–Crippen MR) is 142 cm³/mol. The third-order valence-corrected chi connectivity index (χ3v) is 6.29. The van der Waals surface area contributed by atoms with Crippen LogP contribution in [0.25, 0.3) is 0 Å². The van der Waals surface area contributed by atoms with Crippen molar-refractivity contribution in [3.63, 3.8) is 0 Å². The zero-order valence-electron chi connectivity index (χ0n) is 22.8. The zero-order chi connectivity index (χ0) is 25.9. The van der Waals surface area contributed by atoms with Crippen molar-refractivity contribution in [2.24, 2.45) is 0 Å². The summed E-state index contributed by atoms with van der Waals surface area (Å²) < 4.78 is 17.6. The van der Waals surface area contributed by atoms with Gasteiger partial charge >= 0.3 is 6.16 Å². The quantitative estimate of drug-likeness (QED) is 0.101. The second-order valence-electron chi connectivity index (χ2n) is 9.39. The van der Waals surface area contributed by atoms with E-state index in [0.29, 0.717) is 25.4 Å². The largest absolute Gasteiger partial charge is 0.511 e. The van der Waals surface area contributed by atoms with Crippen molar-refractivity contribution in [1.29, 1.82) is 0 Å². The molecule has 0 spiro atoms. The van der Waals surface area contributed by atoms with Crippen LogP contribution in [0.3, 0.4) is 0 Å². The van der Waals surface area contributed by atoms with E-state index in [0.717, 1.165) is 75.3 Å². The molecule has 0 aliphatic carbocycles. The highest BCUT2D eigenvalue weighted by Crippen LogP contribution is 2.50. The number of rotatable bonds is 21. The molecular formula is C29H50O6. The summed E-state index contributed by atoms with van der Waals surface area (Å²) in [6, 6.07) is 0. The number of aromatic hydroxyl groups is 1. The molecule has 1 rings (SSSR count). The fraction of sp³-hybridized carbons (Fsp3) is 0.759. The van der Waals surface area contributed by atoms with Crippen LogP contribution >= 0.6 is 0 Å². The van der Waals surface area contributed by atoms with Crippen LogP contribution in [0.1, 0.15) is 129 Å². The highest BCUT2D eigenvalue weighted by atomic mass is 16.7.